The van der Waals surface area contributed by atoms with Gasteiger partial charge in [0, 0.05) is 5.75 Å². The molecule has 0 radical (unpaired) electrons. The van der Waals surface area contributed by atoms with Crippen molar-refractivity contribution in [3.8, 4) is 9.88 Å². The van der Waals surface area contributed by atoms with Crippen LogP contribution in [0.4, 0.5) is 0 Å². The summed E-state index contributed by atoms with van der Waals surface area (Å²) in [7, 11) is 0. The van der Waals surface area contributed by atoms with Crippen LogP contribution in [0.2, 0.25) is 0 Å². The van der Waals surface area contributed by atoms with Gasteiger partial charge in [0.1, 0.15) is 0 Å². The van der Waals surface area contributed by atoms with E-state index in [1.54, 1.807) is 11.3 Å². The van der Waals surface area contributed by atoms with Crippen LogP contribution in [0.15, 0.2) is 21.9 Å². The first kappa shape index (κ1) is 14.9. The van der Waals surface area contributed by atoms with E-state index >= 15 is 0 Å². The molecule has 2 N–H and O–H groups in total. The summed E-state index contributed by atoms with van der Waals surface area (Å²) in [5.74, 6) is -2.98. The molecule has 1 unspecified atom stereocenters. The highest BCUT2D eigenvalue weighted by molar-refractivity contribution is 8.01. The molecule has 106 valence electrons. The number of thiophene rings is 1. The zero-order valence-electron chi connectivity index (χ0n) is 10.1. The number of hydrogen-bond acceptors (Lipinski definition) is 7. The number of rotatable bonds is 7. The molecule has 0 saturated carbocycles. The Balaban J connectivity index is 1.96. The molecule has 0 aliphatic heterocycles. The Hall–Kier alpha value is -1.45. The third-order valence-electron chi connectivity index (χ3n) is 2.32. The Kier molecular flexibility index (Phi) is 5.10. The molecule has 0 amide bonds. The molecule has 0 aliphatic rings. The number of carboxylic acid groups (broad SMARTS) is 2. The van der Waals surface area contributed by atoms with Crippen molar-refractivity contribution < 1.29 is 19.8 Å². The first-order valence-electron chi connectivity index (χ1n) is 5.51. The van der Waals surface area contributed by atoms with Crippen molar-refractivity contribution in [2.75, 3.05) is 5.75 Å². The Bertz CT molecular complexity index is 597. The second-order valence-electron chi connectivity index (χ2n) is 3.79. The summed E-state index contributed by atoms with van der Waals surface area (Å²) < 4.78 is 0.644. The van der Waals surface area contributed by atoms with Gasteiger partial charge >= 0.3 is 11.9 Å². The van der Waals surface area contributed by atoms with Gasteiger partial charge in [-0.3, -0.25) is 9.59 Å². The van der Waals surface area contributed by atoms with Crippen LogP contribution in [0.25, 0.3) is 9.88 Å². The van der Waals surface area contributed by atoms with Crippen molar-refractivity contribution in [3.63, 3.8) is 0 Å². The minimum Gasteiger partial charge on any atom is -0.481 e. The topological polar surface area (TPSA) is 100 Å². The highest BCUT2D eigenvalue weighted by atomic mass is 32.2. The number of aromatic nitrogens is 2. The lowest BCUT2D eigenvalue weighted by atomic mass is 10.1. The van der Waals surface area contributed by atoms with Gasteiger partial charge in [-0.15, -0.1) is 21.5 Å². The molecule has 6 nitrogen and oxygen atoms in total. The predicted octanol–water partition coefficient (Wildman–Crippen LogP) is 2.53. The van der Waals surface area contributed by atoms with E-state index in [4.69, 9.17) is 10.2 Å². The fourth-order valence-electron chi connectivity index (χ4n) is 1.37. The molecule has 0 aromatic carbocycles. The van der Waals surface area contributed by atoms with Gasteiger partial charge in [-0.2, -0.15) is 0 Å². The van der Waals surface area contributed by atoms with Gasteiger partial charge in [-0.1, -0.05) is 29.2 Å². The normalized spacial score (nSPS) is 12.2. The lowest BCUT2D eigenvalue weighted by Gasteiger charge is -2.07. The number of thioether (sulfide) groups is 1. The molecule has 0 bridgehead atoms. The van der Waals surface area contributed by atoms with Crippen LogP contribution >= 0.6 is 34.4 Å². The van der Waals surface area contributed by atoms with Gasteiger partial charge in [0.25, 0.3) is 0 Å². The molecule has 2 aromatic heterocycles. The van der Waals surface area contributed by atoms with Gasteiger partial charge in [-0.05, 0) is 11.4 Å². The van der Waals surface area contributed by atoms with E-state index in [1.807, 2.05) is 17.5 Å². The van der Waals surface area contributed by atoms with Crippen LogP contribution in [-0.4, -0.2) is 38.1 Å². The van der Waals surface area contributed by atoms with Gasteiger partial charge in [0.15, 0.2) is 9.35 Å². The second kappa shape index (κ2) is 6.82. The highest BCUT2D eigenvalue weighted by Crippen LogP contribution is 2.32. The number of carbonyl (C=O) groups is 2. The number of aliphatic carboxylic acids is 2. The Morgan fingerprint density at radius 3 is 2.75 bits per heavy atom. The summed E-state index contributed by atoms with van der Waals surface area (Å²) in [6.07, 6.45) is -0.390. The summed E-state index contributed by atoms with van der Waals surface area (Å²) in [6.45, 7) is 0. The summed E-state index contributed by atoms with van der Waals surface area (Å²) >= 11 is 4.15. The maximum atomic E-state index is 10.9. The molecule has 0 fully saturated rings. The zero-order valence-corrected chi connectivity index (χ0v) is 12.5. The van der Waals surface area contributed by atoms with E-state index in [1.165, 1.54) is 23.1 Å². The van der Waals surface area contributed by atoms with Crippen molar-refractivity contribution in [1.82, 2.24) is 10.2 Å². The second-order valence-corrected chi connectivity index (χ2v) is 6.99. The Morgan fingerprint density at radius 2 is 2.15 bits per heavy atom. The van der Waals surface area contributed by atoms with Crippen molar-refractivity contribution in [2.45, 2.75) is 10.8 Å². The summed E-state index contributed by atoms with van der Waals surface area (Å²) in [6, 6.07) is 3.85. The maximum Gasteiger partial charge on any atom is 0.307 e. The first-order chi connectivity index (χ1) is 9.56. The molecule has 0 spiro atoms. The number of nitrogens with zero attached hydrogens (tertiary/aromatic N) is 2. The molecular weight excluding hydrogens is 320 g/mol. The fraction of sp³-hybridized carbons (Fsp3) is 0.273. The lowest BCUT2D eigenvalue weighted by molar-refractivity contribution is -0.147. The average Bonchev–Trinajstić information content (AvgIpc) is 3.03. The minimum atomic E-state index is -1.12. The fourth-order valence-corrected chi connectivity index (χ4v) is 4.12. The summed E-state index contributed by atoms with van der Waals surface area (Å²) in [4.78, 5) is 22.5. The number of carboxylic acids is 2. The van der Waals surface area contributed by atoms with Crippen LogP contribution in [0.3, 0.4) is 0 Å². The van der Waals surface area contributed by atoms with E-state index in [0.717, 1.165) is 9.88 Å². The average molecular weight is 330 g/mol. The van der Waals surface area contributed by atoms with Crippen LogP contribution < -0.4 is 0 Å². The first-order valence-corrected chi connectivity index (χ1v) is 8.19. The van der Waals surface area contributed by atoms with E-state index in [9.17, 15) is 9.59 Å². The predicted molar refractivity (Wildman–Crippen MR) is 77.3 cm³/mol. The van der Waals surface area contributed by atoms with Gasteiger partial charge < -0.3 is 10.2 Å². The minimum absolute atomic E-state index is 0.167. The maximum absolute atomic E-state index is 10.9. The van der Waals surface area contributed by atoms with Crippen LogP contribution in [0.5, 0.6) is 0 Å². The third-order valence-corrected chi connectivity index (χ3v) is 5.57. The van der Waals surface area contributed by atoms with E-state index in [2.05, 4.69) is 10.2 Å². The van der Waals surface area contributed by atoms with Crippen LogP contribution in [0.1, 0.15) is 6.42 Å². The quantitative estimate of drug-likeness (QED) is 0.752. The van der Waals surface area contributed by atoms with E-state index < -0.39 is 17.9 Å². The monoisotopic (exact) mass is 330 g/mol. The zero-order chi connectivity index (χ0) is 14.5. The summed E-state index contributed by atoms with van der Waals surface area (Å²) in [5, 5.41) is 28.4. The molecule has 0 aliphatic carbocycles. The van der Waals surface area contributed by atoms with Crippen LogP contribution in [0, 0.1) is 5.92 Å². The lowest BCUT2D eigenvalue weighted by Crippen LogP contribution is -2.19. The highest BCUT2D eigenvalue weighted by Gasteiger charge is 2.22. The number of hydrogen-bond donors (Lipinski definition) is 2. The third kappa shape index (κ3) is 4.02. The standard InChI is InChI=1S/C11H10N2O4S3/c14-8(15)4-6(10(16)17)5-19-11-13-12-9(20-11)7-2-1-3-18-7/h1-3,6H,4-5H2,(H,14,15)(H,16,17). The molecule has 20 heavy (non-hydrogen) atoms. The van der Waals surface area contributed by atoms with E-state index in [-0.39, 0.29) is 12.2 Å². The van der Waals surface area contributed by atoms with Crippen LogP contribution in [-0.2, 0) is 9.59 Å². The molecule has 2 rings (SSSR count). The molecule has 9 heteroatoms. The Morgan fingerprint density at radius 1 is 1.35 bits per heavy atom. The van der Waals surface area contributed by atoms with Crippen molar-refractivity contribution in [3.05, 3.63) is 17.5 Å². The smallest absolute Gasteiger partial charge is 0.307 e. The van der Waals surface area contributed by atoms with E-state index in [0.29, 0.717) is 4.34 Å². The molecule has 1 atom stereocenters. The SMILES string of the molecule is O=C(O)CC(CSc1nnc(-c2cccs2)s1)C(=O)O. The van der Waals surface area contributed by atoms with Crippen molar-refractivity contribution >= 4 is 46.4 Å². The molecule has 0 saturated heterocycles. The largest absolute Gasteiger partial charge is 0.481 e. The summed E-state index contributed by atoms with van der Waals surface area (Å²) in [5.41, 5.74) is 0. The van der Waals surface area contributed by atoms with Crippen molar-refractivity contribution in [2.24, 2.45) is 5.92 Å². The molecular formula is C11H10N2O4S3. The molecule has 2 heterocycles. The molecule has 2 aromatic rings. The Labute approximate surface area is 126 Å². The van der Waals surface area contributed by atoms with Crippen molar-refractivity contribution in [1.29, 1.82) is 0 Å². The van der Waals surface area contributed by atoms with Gasteiger partial charge in [0.2, 0.25) is 0 Å². The van der Waals surface area contributed by atoms with Gasteiger partial charge in [0.05, 0.1) is 17.2 Å². The van der Waals surface area contributed by atoms with Gasteiger partial charge in [-0.25, -0.2) is 0 Å².